The Labute approximate surface area is 177 Å². The number of amides is 1. The van der Waals surface area contributed by atoms with E-state index in [9.17, 15) is 23.3 Å². The van der Waals surface area contributed by atoms with E-state index in [-0.39, 0.29) is 29.9 Å². The molecule has 1 N–H and O–H groups in total. The standard InChI is InChI=1S/C19H29N5O5S/c1-21(16-7-3-2-4-8-16)30(28,29)23-13-11-22(12-14-23)15-19(25)20-17-9-5-6-10-18(17)24(26)27/h5-6,9-10,16H,2-4,7-8,11-15H2,1H3,(H,20,25). The first kappa shape index (κ1) is 22.6. The average molecular weight is 440 g/mol. The number of rotatable bonds is 7. The molecule has 0 atom stereocenters. The molecule has 1 saturated heterocycles. The molecule has 1 saturated carbocycles. The van der Waals surface area contributed by atoms with E-state index in [2.05, 4.69) is 5.32 Å². The summed E-state index contributed by atoms with van der Waals surface area (Å²) in [7, 11) is -1.85. The lowest BCUT2D eigenvalue weighted by atomic mass is 9.96. The van der Waals surface area contributed by atoms with E-state index in [1.807, 2.05) is 4.90 Å². The second-order valence-electron chi connectivity index (χ2n) is 7.81. The maximum atomic E-state index is 12.9. The topological polar surface area (TPSA) is 116 Å². The molecular weight excluding hydrogens is 410 g/mol. The van der Waals surface area contributed by atoms with Crippen molar-refractivity contribution >= 4 is 27.5 Å². The summed E-state index contributed by atoms with van der Waals surface area (Å²) in [5.41, 5.74) is -0.00432. The third-order valence-corrected chi connectivity index (χ3v) is 7.90. The van der Waals surface area contributed by atoms with Gasteiger partial charge in [0, 0.05) is 45.3 Å². The Balaban J connectivity index is 1.52. The predicted molar refractivity (Wildman–Crippen MR) is 113 cm³/mol. The fourth-order valence-corrected chi connectivity index (χ4v) is 5.64. The molecule has 2 aliphatic rings. The maximum absolute atomic E-state index is 12.9. The second-order valence-corrected chi connectivity index (χ2v) is 9.80. The average Bonchev–Trinajstić information content (AvgIpc) is 2.74. The smallest absolute Gasteiger partial charge is 0.292 e. The first-order chi connectivity index (χ1) is 14.3. The fourth-order valence-electron chi connectivity index (χ4n) is 4.06. The van der Waals surface area contributed by atoms with Gasteiger partial charge >= 0.3 is 0 Å². The van der Waals surface area contributed by atoms with Gasteiger partial charge in [-0.3, -0.25) is 19.8 Å². The van der Waals surface area contributed by atoms with Crippen LogP contribution in [0.5, 0.6) is 0 Å². The highest BCUT2D eigenvalue weighted by molar-refractivity contribution is 7.86. The Kier molecular flexibility index (Phi) is 7.40. The van der Waals surface area contributed by atoms with Gasteiger partial charge in [0.15, 0.2) is 0 Å². The Hall–Kier alpha value is -2.08. The number of hydrogen-bond donors (Lipinski definition) is 1. The molecule has 166 valence electrons. The van der Waals surface area contributed by atoms with Crippen LogP contribution in [0.3, 0.4) is 0 Å². The van der Waals surface area contributed by atoms with Gasteiger partial charge in [0.05, 0.1) is 11.5 Å². The van der Waals surface area contributed by atoms with Gasteiger partial charge in [-0.1, -0.05) is 31.4 Å². The van der Waals surface area contributed by atoms with Gasteiger partial charge in [-0.05, 0) is 18.9 Å². The van der Waals surface area contributed by atoms with Gasteiger partial charge in [-0.2, -0.15) is 17.0 Å². The summed E-state index contributed by atoms with van der Waals surface area (Å²) in [6.07, 6.45) is 5.10. The second kappa shape index (κ2) is 9.82. The summed E-state index contributed by atoms with van der Waals surface area (Å²) in [5, 5.41) is 13.6. The highest BCUT2D eigenvalue weighted by Gasteiger charge is 2.34. The number of para-hydroxylation sites is 2. The van der Waals surface area contributed by atoms with Gasteiger partial charge in [-0.25, -0.2) is 0 Å². The molecule has 1 aromatic rings. The highest BCUT2D eigenvalue weighted by atomic mass is 32.2. The van der Waals surface area contributed by atoms with Crippen molar-refractivity contribution < 1.29 is 18.1 Å². The predicted octanol–water partition coefficient (Wildman–Crippen LogP) is 1.66. The maximum Gasteiger partial charge on any atom is 0.292 e. The number of nitrogens with zero attached hydrogens (tertiary/aromatic N) is 4. The number of nitro benzene ring substituents is 1. The lowest BCUT2D eigenvalue weighted by Crippen LogP contribution is -2.55. The van der Waals surface area contributed by atoms with Crippen LogP contribution in [0.25, 0.3) is 0 Å². The summed E-state index contributed by atoms with van der Waals surface area (Å²) in [6.45, 7) is 1.55. The highest BCUT2D eigenvalue weighted by Crippen LogP contribution is 2.25. The third-order valence-electron chi connectivity index (χ3n) is 5.85. The van der Waals surface area contributed by atoms with Crippen LogP contribution < -0.4 is 5.32 Å². The van der Waals surface area contributed by atoms with Crippen molar-refractivity contribution in [1.82, 2.24) is 13.5 Å². The molecule has 0 bridgehead atoms. The number of carbonyl (C=O) groups excluding carboxylic acids is 1. The molecule has 0 radical (unpaired) electrons. The van der Waals surface area contributed by atoms with Crippen LogP contribution in [0.4, 0.5) is 11.4 Å². The monoisotopic (exact) mass is 439 g/mol. The quantitative estimate of drug-likeness (QED) is 0.510. The summed E-state index contributed by atoms with van der Waals surface area (Å²) in [4.78, 5) is 24.7. The van der Waals surface area contributed by atoms with Crippen LogP contribution in [0.1, 0.15) is 32.1 Å². The number of benzene rings is 1. The Morgan fingerprint density at radius 3 is 2.43 bits per heavy atom. The largest absolute Gasteiger partial charge is 0.319 e. The first-order valence-corrected chi connectivity index (χ1v) is 11.7. The SMILES string of the molecule is CN(C1CCCCC1)S(=O)(=O)N1CCN(CC(=O)Nc2ccccc2[N+](=O)[O-])CC1. The zero-order valence-electron chi connectivity index (χ0n) is 17.2. The van der Waals surface area contributed by atoms with Crippen molar-refractivity contribution in [3.05, 3.63) is 34.4 Å². The molecule has 0 unspecified atom stereocenters. The number of anilines is 1. The lowest BCUT2D eigenvalue weighted by molar-refractivity contribution is -0.383. The van der Waals surface area contributed by atoms with E-state index in [4.69, 9.17) is 0 Å². The van der Waals surface area contributed by atoms with Gasteiger partial charge in [0.2, 0.25) is 5.91 Å². The molecule has 1 heterocycles. The number of carbonyl (C=O) groups is 1. The molecule has 1 amide bonds. The van der Waals surface area contributed by atoms with Crippen LogP contribution >= 0.6 is 0 Å². The van der Waals surface area contributed by atoms with Crippen LogP contribution in [0.2, 0.25) is 0 Å². The van der Waals surface area contributed by atoms with Crippen molar-refractivity contribution in [2.24, 2.45) is 0 Å². The molecule has 1 aliphatic heterocycles. The molecule has 10 nitrogen and oxygen atoms in total. The minimum absolute atomic E-state index is 0.0540. The molecule has 2 fully saturated rings. The zero-order valence-corrected chi connectivity index (χ0v) is 18.0. The summed E-state index contributed by atoms with van der Waals surface area (Å²) in [6, 6.07) is 6.05. The van der Waals surface area contributed by atoms with Crippen molar-refractivity contribution in [1.29, 1.82) is 0 Å². The molecule has 11 heteroatoms. The first-order valence-electron chi connectivity index (χ1n) is 10.3. The van der Waals surface area contributed by atoms with Crippen molar-refractivity contribution in [2.45, 2.75) is 38.1 Å². The summed E-state index contributed by atoms with van der Waals surface area (Å²) < 4.78 is 28.9. The normalized spacial score (nSPS) is 19.7. The fraction of sp³-hybridized carbons (Fsp3) is 0.632. The Morgan fingerprint density at radius 2 is 1.80 bits per heavy atom. The van der Waals surface area contributed by atoms with Crippen LogP contribution in [-0.4, -0.2) is 78.6 Å². The molecular formula is C19H29N5O5S. The number of hydrogen-bond acceptors (Lipinski definition) is 6. The molecule has 30 heavy (non-hydrogen) atoms. The Bertz CT molecular complexity index is 864. The van der Waals surface area contributed by atoms with E-state index >= 15 is 0 Å². The zero-order chi connectivity index (χ0) is 21.7. The number of piperazine rings is 1. The minimum atomic E-state index is -3.51. The van der Waals surface area contributed by atoms with Gasteiger partial charge < -0.3 is 5.32 Å². The van der Waals surface area contributed by atoms with Gasteiger partial charge in [0.25, 0.3) is 15.9 Å². The lowest BCUT2D eigenvalue weighted by Gasteiger charge is -2.38. The third kappa shape index (κ3) is 5.34. The minimum Gasteiger partial charge on any atom is -0.319 e. The van der Waals surface area contributed by atoms with E-state index in [0.29, 0.717) is 26.2 Å². The van der Waals surface area contributed by atoms with E-state index in [1.165, 1.54) is 26.8 Å². The van der Waals surface area contributed by atoms with Crippen molar-refractivity contribution in [3.63, 3.8) is 0 Å². The van der Waals surface area contributed by atoms with E-state index in [1.54, 1.807) is 13.1 Å². The molecule has 0 aromatic heterocycles. The molecule has 1 aliphatic carbocycles. The summed E-state index contributed by atoms with van der Waals surface area (Å²) >= 11 is 0. The molecule has 3 rings (SSSR count). The number of nitrogens with one attached hydrogen (secondary N) is 1. The molecule has 0 spiro atoms. The van der Waals surface area contributed by atoms with Crippen LogP contribution in [0.15, 0.2) is 24.3 Å². The number of nitro groups is 1. The van der Waals surface area contributed by atoms with Crippen LogP contribution in [0, 0.1) is 10.1 Å². The van der Waals surface area contributed by atoms with Gasteiger partial charge in [-0.15, -0.1) is 0 Å². The van der Waals surface area contributed by atoms with Gasteiger partial charge in [0.1, 0.15) is 5.69 Å². The Morgan fingerprint density at radius 1 is 1.17 bits per heavy atom. The van der Waals surface area contributed by atoms with E-state index < -0.39 is 15.1 Å². The summed E-state index contributed by atoms with van der Waals surface area (Å²) in [5.74, 6) is -0.361. The molecule has 1 aromatic carbocycles. The van der Waals surface area contributed by atoms with Crippen molar-refractivity contribution in [2.75, 3.05) is 45.1 Å². The van der Waals surface area contributed by atoms with Crippen molar-refractivity contribution in [3.8, 4) is 0 Å². The van der Waals surface area contributed by atoms with E-state index in [0.717, 1.165) is 32.1 Å². The van der Waals surface area contributed by atoms with Crippen LogP contribution in [-0.2, 0) is 15.0 Å².